The molecule has 1 aromatic rings. The van der Waals surface area contributed by atoms with Gasteiger partial charge in [-0.2, -0.15) is 5.26 Å². The lowest BCUT2D eigenvalue weighted by atomic mass is 10.0. The van der Waals surface area contributed by atoms with Crippen molar-refractivity contribution in [2.24, 2.45) is 0 Å². The van der Waals surface area contributed by atoms with E-state index in [-0.39, 0.29) is 36.4 Å². The van der Waals surface area contributed by atoms with Crippen LogP contribution in [0.3, 0.4) is 0 Å². The fourth-order valence-corrected chi connectivity index (χ4v) is 2.74. The monoisotopic (exact) mass is 287 g/mol. The molecule has 2 heterocycles. The summed E-state index contributed by atoms with van der Waals surface area (Å²) in [5.41, 5.74) is 0.362. The van der Waals surface area contributed by atoms with Gasteiger partial charge in [0.2, 0.25) is 11.8 Å². The Kier molecular flexibility index (Phi) is 2.94. The third-order valence-electron chi connectivity index (χ3n) is 3.77. The minimum atomic E-state index is -0.812. The number of piperidine rings is 1. The molecule has 0 aliphatic carbocycles. The summed E-state index contributed by atoms with van der Waals surface area (Å²) in [6.07, 6.45) is 0.331. The van der Waals surface area contributed by atoms with Crippen LogP contribution in [-0.4, -0.2) is 28.7 Å². The van der Waals surface area contributed by atoms with E-state index < -0.39 is 23.7 Å². The van der Waals surface area contributed by atoms with Crippen molar-refractivity contribution in [2.75, 3.05) is 0 Å². The van der Waals surface area contributed by atoms with Gasteiger partial charge in [-0.25, -0.2) is 4.39 Å². The number of hydrogen-bond donors (Lipinski definition) is 1. The summed E-state index contributed by atoms with van der Waals surface area (Å²) in [4.78, 5) is 36.5. The molecule has 0 saturated carbocycles. The fourth-order valence-electron chi connectivity index (χ4n) is 2.74. The van der Waals surface area contributed by atoms with Crippen LogP contribution in [0.1, 0.15) is 34.3 Å². The Bertz CT molecular complexity index is 723. The molecule has 2 aliphatic heterocycles. The van der Waals surface area contributed by atoms with Crippen molar-refractivity contribution in [3.63, 3.8) is 0 Å². The Balaban J connectivity index is 1.98. The molecule has 1 saturated heterocycles. The predicted molar refractivity (Wildman–Crippen MR) is 67.2 cm³/mol. The van der Waals surface area contributed by atoms with E-state index in [1.54, 1.807) is 0 Å². The molecule has 3 rings (SSSR count). The largest absolute Gasteiger partial charge is 0.322 e. The first-order valence-electron chi connectivity index (χ1n) is 6.39. The van der Waals surface area contributed by atoms with Crippen LogP contribution >= 0.6 is 0 Å². The van der Waals surface area contributed by atoms with E-state index in [4.69, 9.17) is 5.26 Å². The lowest BCUT2D eigenvalue weighted by Crippen LogP contribution is -2.52. The molecule has 1 N–H and O–H groups in total. The normalized spacial score (nSPS) is 21.0. The highest BCUT2D eigenvalue weighted by Gasteiger charge is 2.41. The number of halogens is 1. The summed E-state index contributed by atoms with van der Waals surface area (Å²) >= 11 is 0. The van der Waals surface area contributed by atoms with Gasteiger partial charge in [-0.1, -0.05) is 0 Å². The first-order valence-corrected chi connectivity index (χ1v) is 6.39. The minimum Gasteiger partial charge on any atom is -0.322 e. The van der Waals surface area contributed by atoms with Gasteiger partial charge in [0, 0.05) is 18.5 Å². The van der Waals surface area contributed by atoms with Gasteiger partial charge >= 0.3 is 0 Å². The Labute approximate surface area is 119 Å². The predicted octanol–water partition coefficient (Wildman–Crippen LogP) is 0.458. The molecular formula is C14H10FN3O3. The van der Waals surface area contributed by atoms with Crippen LogP contribution in [0.5, 0.6) is 0 Å². The fraction of sp³-hybridized carbons (Fsp3) is 0.286. The van der Waals surface area contributed by atoms with Gasteiger partial charge in [0.15, 0.2) is 0 Å². The molecule has 21 heavy (non-hydrogen) atoms. The maximum atomic E-state index is 13.8. The molecule has 1 fully saturated rings. The van der Waals surface area contributed by atoms with Gasteiger partial charge in [0.25, 0.3) is 5.91 Å². The van der Waals surface area contributed by atoms with E-state index in [1.807, 2.05) is 6.07 Å². The molecule has 0 aromatic heterocycles. The molecular weight excluding hydrogens is 277 g/mol. The molecule has 1 aromatic carbocycles. The van der Waals surface area contributed by atoms with Crippen molar-refractivity contribution in [2.45, 2.75) is 25.4 Å². The topological polar surface area (TPSA) is 90.3 Å². The average molecular weight is 287 g/mol. The van der Waals surface area contributed by atoms with Crippen molar-refractivity contribution in [3.8, 4) is 6.07 Å². The molecule has 6 nitrogen and oxygen atoms in total. The minimum absolute atomic E-state index is 0.00109. The third-order valence-corrected chi connectivity index (χ3v) is 3.77. The molecule has 0 radical (unpaired) electrons. The maximum Gasteiger partial charge on any atom is 0.258 e. The molecule has 2 aliphatic rings. The smallest absolute Gasteiger partial charge is 0.258 e. The number of nitrogens with zero attached hydrogens (tertiary/aromatic N) is 2. The van der Waals surface area contributed by atoms with Crippen molar-refractivity contribution < 1.29 is 18.8 Å². The van der Waals surface area contributed by atoms with E-state index in [1.165, 1.54) is 11.0 Å². The maximum absolute atomic E-state index is 13.8. The van der Waals surface area contributed by atoms with Crippen LogP contribution in [0.25, 0.3) is 0 Å². The SMILES string of the molecule is N#Cc1ccc(F)c2c1CN(C1CCC(=O)NC1=O)C2=O. The lowest BCUT2D eigenvalue weighted by Gasteiger charge is -2.29. The molecule has 1 unspecified atom stereocenters. The number of rotatable bonds is 1. The van der Waals surface area contributed by atoms with Crippen LogP contribution < -0.4 is 5.32 Å². The third kappa shape index (κ3) is 1.96. The van der Waals surface area contributed by atoms with Gasteiger partial charge in [-0.05, 0) is 18.6 Å². The highest BCUT2D eigenvalue weighted by molar-refractivity contribution is 6.05. The first-order chi connectivity index (χ1) is 10.0. The number of fused-ring (bicyclic) bond motifs is 1. The van der Waals surface area contributed by atoms with Crippen molar-refractivity contribution in [3.05, 3.63) is 34.6 Å². The number of nitrogens with one attached hydrogen (secondary N) is 1. The number of benzene rings is 1. The second kappa shape index (κ2) is 4.66. The molecule has 7 heteroatoms. The van der Waals surface area contributed by atoms with Gasteiger partial charge in [-0.15, -0.1) is 0 Å². The van der Waals surface area contributed by atoms with Gasteiger partial charge in [0.1, 0.15) is 11.9 Å². The summed E-state index contributed by atoms with van der Waals surface area (Å²) in [6.45, 7) is 0.00109. The van der Waals surface area contributed by atoms with E-state index >= 15 is 0 Å². The average Bonchev–Trinajstić information content (AvgIpc) is 2.78. The van der Waals surface area contributed by atoms with Crippen molar-refractivity contribution in [1.29, 1.82) is 5.26 Å². The van der Waals surface area contributed by atoms with Crippen LogP contribution in [0, 0.1) is 17.1 Å². The first kappa shape index (κ1) is 13.2. The van der Waals surface area contributed by atoms with E-state index in [9.17, 15) is 18.8 Å². The Morgan fingerprint density at radius 1 is 1.33 bits per heavy atom. The zero-order valence-corrected chi connectivity index (χ0v) is 10.9. The summed E-state index contributed by atoms with van der Waals surface area (Å²) in [6, 6.07) is 3.49. The van der Waals surface area contributed by atoms with Crippen LogP contribution in [0.15, 0.2) is 12.1 Å². The van der Waals surface area contributed by atoms with Gasteiger partial charge in [0.05, 0.1) is 17.2 Å². The number of hydrogen-bond acceptors (Lipinski definition) is 4. The van der Waals surface area contributed by atoms with E-state index in [0.717, 1.165) is 6.07 Å². The number of carbonyl (C=O) groups is 3. The number of carbonyl (C=O) groups excluding carboxylic acids is 3. The quantitative estimate of drug-likeness (QED) is 0.760. The standard InChI is InChI=1S/C14H10FN3O3/c15-9-2-1-7(5-16)8-6-18(14(21)12(8)9)10-3-4-11(19)17-13(10)20/h1-2,10H,3-4,6H2,(H,17,19,20). The zero-order valence-electron chi connectivity index (χ0n) is 10.9. The summed E-state index contributed by atoms with van der Waals surface area (Å²) in [7, 11) is 0. The van der Waals surface area contributed by atoms with Gasteiger partial charge < -0.3 is 4.90 Å². The highest BCUT2D eigenvalue weighted by atomic mass is 19.1. The second-order valence-electron chi connectivity index (χ2n) is 4.96. The second-order valence-corrected chi connectivity index (χ2v) is 4.96. The zero-order chi connectivity index (χ0) is 15.1. The highest BCUT2D eigenvalue weighted by Crippen LogP contribution is 2.31. The van der Waals surface area contributed by atoms with E-state index in [2.05, 4.69) is 5.32 Å². The molecule has 106 valence electrons. The molecule has 1 atom stereocenters. The Hall–Kier alpha value is -2.75. The van der Waals surface area contributed by atoms with Crippen molar-refractivity contribution in [1.82, 2.24) is 10.2 Å². The van der Waals surface area contributed by atoms with E-state index in [0.29, 0.717) is 5.56 Å². The molecule has 3 amide bonds. The molecule has 0 spiro atoms. The Morgan fingerprint density at radius 2 is 2.10 bits per heavy atom. The van der Waals surface area contributed by atoms with Crippen molar-refractivity contribution >= 4 is 17.7 Å². The van der Waals surface area contributed by atoms with Crippen LogP contribution in [0.4, 0.5) is 4.39 Å². The molecule has 0 bridgehead atoms. The summed E-state index contributed by atoms with van der Waals surface area (Å²) in [5.74, 6) is -2.27. The van der Waals surface area contributed by atoms with Gasteiger partial charge in [-0.3, -0.25) is 19.7 Å². The van der Waals surface area contributed by atoms with Crippen LogP contribution in [-0.2, 0) is 16.1 Å². The summed E-state index contributed by atoms with van der Waals surface area (Å²) < 4.78 is 13.8. The Morgan fingerprint density at radius 3 is 2.76 bits per heavy atom. The number of amides is 3. The summed E-state index contributed by atoms with van der Waals surface area (Å²) in [5, 5.41) is 11.2. The number of nitriles is 1. The lowest BCUT2D eigenvalue weighted by molar-refractivity contribution is -0.136. The van der Waals surface area contributed by atoms with Crippen LogP contribution in [0.2, 0.25) is 0 Å². The number of imide groups is 1.